The van der Waals surface area contributed by atoms with E-state index in [4.69, 9.17) is 0 Å². The van der Waals surface area contributed by atoms with Crippen molar-refractivity contribution < 1.29 is 14.0 Å². The average Bonchev–Trinajstić information content (AvgIpc) is 3.16. The third-order valence-corrected chi connectivity index (χ3v) is 5.32. The molecule has 0 atom stereocenters. The van der Waals surface area contributed by atoms with Crippen LogP contribution in [0.1, 0.15) is 34.2 Å². The second-order valence-corrected chi connectivity index (χ2v) is 7.29. The van der Waals surface area contributed by atoms with Crippen molar-refractivity contribution in [2.24, 2.45) is 0 Å². The number of carbonyl (C=O) groups excluding carboxylic acids is 2. The number of halogens is 1. The monoisotopic (exact) mass is 422 g/mol. The minimum atomic E-state index is -0.527. The molecule has 31 heavy (non-hydrogen) atoms. The van der Waals surface area contributed by atoms with Crippen LogP contribution >= 0.6 is 0 Å². The molecule has 0 fully saturated rings. The standard InChI is InChI=1S/C22H23FN6O2/c1-3-24-22(31)28-12-11-16-15(13-28)7-6-10-19(16)29-14(2)20(26-27-29)21(30)25-18-9-5-4-8-17(18)23/h4-10H,3,11-13H2,1-2H3,(H,24,31)(H,25,30). The van der Waals surface area contributed by atoms with E-state index in [1.165, 1.54) is 12.1 Å². The Morgan fingerprint density at radius 2 is 1.97 bits per heavy atom. The van der Waals surface area contributed by atoms with Gasteiger partial charge in [-0.15, -0.1) is 5.10 Å². The first-order valence-electron chi connectivity index (χ1n) is 10.1. The number of benzene rings is 2. The summed E-state index contributed by atoms with van der Waals surface area (Å²) in [7, 11) is 0. The van der Waals surface area contributed by atoms with E-state index in [-0.39, 0.29) is 17.4 Å². The van der Waals surface area contributed by atoms with Gasteiger partial charge in [-0.25, -0.2) is 13.9 Å². The van der Waals surface area contributed by atoms with Gasteiger partial charge in [0.25, 0.3) is 5.91 Å². The van der Waals surface area contributed by atoms with Crippen LogP contribution in [0, 0.1) is 12.7 Å². The molecule has 0 bridgehead atoms. The molecule has 3 amide bonds. The van der Waals surface area contributed by atoms with Crippen LogP contribution in [-0.2, 0) is 13.0 Å². The first-order chi connectivity index (χ1) is 15.0. The maximum absolute atomic E-state index is 13.9. The zero-order valence-corrected chi connectivity index (χ0v) is 17.4. The molecular formula is C22H23FN6O2. The van der Waals surface area contributed by atoms with Crippen molar-refractivity contribution in [2.45, 2.75) is 26.8 Å². The Labute approximate surface area is 179 Å². The third kappa shape index (κ3) is 3.98. The van der Waals surface area contributed by atoms with Crippen LogP contribution in [0.15, 0.2) is 42.5 Å². The smallest absolute Gasteiger partial charge is 0.317 e. The average molecular weight is 422 g/mol. The molecule has 0 unspecified atom stereocenters. The first-order valence-corrected chi connectivity index (χ1v) is 10.1. The third-order valence-electron chi connectivity index (χ3n) is 5.32. The second kappa shape index (κ2) is 8.55. The Bertz CT molecular complexity index is 1140. The number of fused-ring (bicyclic) bond motifs is 1. The van der Waals surface area contributed by atoms with Gasteiger partial charge in [0.2, 0.25) is 0 Å². The van der Waals surface area contributed by atoms with Crippen LogP contribution in [0.3, 0.4) is 0 Å². The summed E-state index contributed by atoms with van der Waals surface area (Å²) in [6, 6.07) is 11.7. The highest BCUT2D eigenvalue weighted by atomic mass is 19.1. The van der Waals surface area contributed by atoms with Crippen molar-refractivity contribution >= 4 is 17.6 Å². The number of nitrogens with one attached hydrogen (secondary N) is 2. The Balaban J connectivity index is 1.60. The van der Waals surface area contributed by atoms with E-state index in [0.717, 1.165) is 16.8 Å². The first kappa shape index (κ1) is 20.5. The lowest BCUT2D eigenvalue weighted by molar-refractivity contribution is 0.102. The number of anilines is 1. The van der Waals surface area contributed by atoms with Gasteiger partial charge < -0.3 is 15.5 Å². The largest absolute Gasteiger partial charge is 0.338 e. The predicted molar refractivity (Wildman–Crippen MR) is 114 cm³/mol. The van der Waals surface area contributed by atoms with Gasteiger partial charge in [-0.1, -0.05) is 29.5 Å². The SMILES string of the molecule is CCNC(=O)N1CCc2c(cccc2-n2nnc(C(=O)Nc3ccccc3F)c2C)C1. The van der Waals surface area contributed by atoms with E-state index >= 15 is 0 Å². The molecule has 4 rings (SSSR count). The number of nitrogens with zero attached hydrogens (tertiary/aromatic N) is 4. The van der Waals surface area contributed by atoms with Gasteiger partial charge >= 0.3 is 6.03 Å². The van der Waals surface area contributed by atoms with Gasteiger partial charge in [0.1, 0.15) is 5.82 Å². The van der Waals surface area contributed by atoms with E-state index in [1.807, 2.05) is 25.1 Å². The van der Waals surface area contributed by atoms with E-state index in [0.29, 0.717) is 31.7 Å². The number of urea groups is 1. The minimum Gasteiger partial charge on any atom is -0.338 e. The number of hydrogen-bond acceptors (Lipinski definition) is 4. The second-order valence-electron chi connectivity index (χ2n) is 7.29. The number of amides is 3. The quantitative estimate of drug-likeness (QED) is 0.676. The molecule has 0 saturated heterocycles. The lowest BCUT2D eigenvalue weighted by atomic mass is 9.98. The fourth-order valence-electron chi connectivity index (χ4n) is 3.74. The highest BCUT2D eigenvalue weighted by molar-refractivity contribution is 6.03. The van der Waals surface area contributed by atoms with E-state index < -0.39 is 11.7 Å². The molecule has 0 radical (unpaired) electrons. The van der Waals surface area contributed by atoms with E-state index in [9.17, 15) is 14.0 Å². The summed E-state index contributed by atoms with van der Waals surface area (Å²) >= 11 is 0. The van der Waals surface area contributed by atoms with Crippen LogP contribution in [0.2, 0.25) is 0 Å². The summed E-state index contributed by atoms with van der Waals surface area (Å²) < 4.78 is 15.5. The van der Waals surface area contributed by atoms with E-state index in [2.05, 4.69) is 20.9 Å². The normalized spacial score (nSPS) is 12.9. The van der Waals surface area contributed by atoms with Gasteiger partial charge in [-0.2, -0.15) is 0 Å². The number of carbonyl (C=O) groups is 2. The highest BCUT2D eigenvalue weighted by Crippen LogP contribution is 2.26. The molecule has 2 N–H and O–H groups in total. The maximum atomic E-state index is 13.9. The molecule has 2 aromatic carbocycles. The zero-order chi connectivity index (χ0) is 22.0. The molecule has 0 aliphatic carbocycles. The fraction of sp³-hybridized carbons (Fsp3) is 0.273. The molecule has 1 aliphatic rings. The molecule has 3 aromatic rings. The van der Waals surface area contributed by atoms with E-state index in [1.54, 1.807) is 28.6 Å². The van der Waals surface area contributed by atoms with Crippen molar-refractivity contribution in [3.8, 4) is 5.69 Å². The Kier molecular flexibility index (Phi) is 5.66. The minimum absolute atomic E-state index is 0.0809. The van der Waals surface area contributed by atoms with Gasteiger partial charge in [0, 0.05) is 19.6 Å². The predicted octanol–water partition coefficient (Wildman–Crippen LogP) is 3.05. The maximum Gasteiger partial charge on any atom is 0.317 e. The molecule has 1 aromatic heterocycles. The topological polar surface area (TPSA) is 92.2 Å². The van der Waals surface area contributed by atoms with Crippen LogP contribution in [0.4, 0.5) is 14.9 Å². The molecule has 1 aliphatic heterocycles. The lowest BCUT2D eigenvalue weighted by Gasteiger charge is -2.30. The van der Waals surface area contributed by atoms with Crippen molar-refractivity contribution in [1.29, 1.82) is 0 Å². The summed E-state index contributed by atoms with van der Waals surface area (Å²) in [4.78, 5) is 26.6. The summed E-state index contributed by atoms with van der Waals surface area (Å²) in [5, 5.41) is 13.6. The van der Waals surface area contributed by atoms with Gasteiger partial charge in [0.15, 0.2) is 5.69 Å². The fourth-order valence-corrected chi connectivity index (χ4v) is 3.74. The molecule has 8 nitrogen and oxygen atoms in total. The summed E-state index contributed by atoms with van der Waals surface area (Å²) in [5.41, 5.74) is 3.68. The van der Waals surface area contributed by atoms with Crippen LogP contribution in [0.5, 0.6) is 0 Å². The van der Waals surface area contributed by atoms with Gasteiger partial charge in [-0.3, -0.25) is 4.79 Å². The highest BCUT2D eigenvalue weighted by Gasteiger charge is 2.25. The molecule has 0 spiro atoms. The lowest BCUT2D eigenvalue weighted by Crippen LogP contribution is -2.42. The Morgan fingerprint density at radius 1 is 1.16 bits per heavy atom. The number of para-hydroxylation sites is 1. The molecule has 160 valence electrons. The Morgan fingerprint density at radius 3 is 2.74 bits per heavy atom. The van der Waals surface area contributed by atoms with Crippen molar-refractivity contribution in [1.82, 2.24) is 25.2 Å². The Hall–Kier alpha value is -3.75. The molecular weight excluding hydrogens is 399 g/mol. The summed E-state index contributed by atoms with van der Waals surface area (Å²) in [6.45, 7) is 5.31. The number of aromatic nitrogens is 3. The number of rotatable bonds is 4. The van der Waals surface area contributed by atoms with Crippen LogP contribution < -0.4 is 10.6 Å². The van der Waals surface area contributed by atoms with Crippen LogP contribution in [0.25, 0.3) is 5.69 Å². The van der Waals surface area contributed by atoms with Crippen LogP contribution in [-0.4, -0.2) is 44.9 Å². The molecule has 0 saturated carbocycles. The van der Waals surface area contributed by atoms with Crippen molar-refractivity contribution in [3.63, 3.8) is 0 Å². The number of hydrogen-bond donors (Lipinski definition) is 2. The molecule has 9 heteroatoms. The van der Waals surface area contributed by atoms with Crippen molar-refractivity contribution in [3.05, 3.63) is 70.8 Å². The van der Waals surface area contributed by atoms with Gasteiger partial charge in [-0.05, 0) is 49.6 Å². The van der Waals surface area contributed by atoms with Gasteiger partial charge in [0.05, 0.1) is 17.1 Å². The summed E-state index contributed by atoms with van der Waals surface area (Å²) in [6.07, 6.45) is 0.665. The van der Waals surface area contributed by atoms with Crippen molar-refractivity contribution in [2.75, 3.05) is 18.4 Å². The zero-order valence-electron chi connectivity index (χ0n) is 17.4. The molecule has 2 heterocycles. The summed E-state index contributed by atoms with van der Waals surface area (Å²) in [5.74, 6) is -1.05.